The van der Waals surface area contributed by atoms with E-state index in [1.165, 1.54) is 0 Å². The van der Waals surface area contributed by atoms with E-state index in [-0.39, 0.29) is 53.6 Å². The smallest absolute Gasteiger partial charge is 0.269 e. The van der Waals surface area contributed by atoms with E-state index in [9.17, 15) is 9.59 Å². The van der Waals surface area contributed by atoms with Crippen LogP contribution in [0.25, 0.3) is 0 Å². The first-order valence-electron chi connectivity index (χ1n) is 20.3. The first kappa shape index (κ1) is 36.4. The lowest BCUT2D eigenvalue weighted by molar-refractivity contribution is -0.571. The average Bonchev–Trinajstić information content (AvgIpc) is 3.52. The molecular weight excluding hydrogens is 682 g/mol. The number of nitrogens with one attached hydrogen (secondary N) is 2. The molecule has 9 heterocycles. The largest absolute Gasteiger partial charge is 0.346 e. The molecule has 13 nitrogen and oxygen atoms in total. The van der Waals surface area contributed by atoms with Gasteiger partial charge in [0.05, 0.1) is 12.2 Å². The quantitative estimate of drug-likeness (QED) is 0.272. The van der Waals surface area contributed by atoms with Crippen LogP contribution in [0.3, 0.4) is 0 Å². The third kappa shape index (κ3) is 5.73. The van der Waals surface area contributed by atoms with Gasteiger partial charge in [-0.15, -0.1) is 0 Å². The van der Waals surface area contributed by atoms with Crippen LogP contribution in [0.5, 0.6) is 0 Å². The summed E-state index contributed by atoms with van der Waals surface area (Å²) in [6, 6.07) is 3.21. The molecule has 1 aromatic rings. The molecule has 2 saturated carbocycles. The third-order valence-electron chi connectivity index (χ3n) is 15.2. The number of hydrogen-bond donors (Lipinski definition) is 2. The number of carbonyl (C=O) groups excluding carboxylic acids is 2. The summed E-state index contributed by atoms with van der Waals surface area (Å²) in [5.41, 5.74) is 4.41. The maximum absolute atomic E-state index is 14.4. The standard InChI is InChI=1S/C40H57N3O10/c1-21-7-9-29-23(3)31(46-35-39(29)27(21)11-15-37(5,48-35)50-52-39)19-26(34(45)43-42-33(44)25-13-17-41-18-14-25)20-32-24(4)30-10-8-22(2)28-12-16-38(6)49-36(47-32)40(28,30)53-51-38/h13-14,17-18,21-24,26-32,35-36H,7-12,15-16,19-20H2,1-6H3,(H,42,44)(H,43,45)/t21-,22-,23-,24-,26?,27+,28+,29+,30+,31-,32-,35-,36+,37-,38-,39-,40-/m1/s1. The molecule has 292 valence electrons. The monoisotopic (exact) mass is 739 g/mol. The predicted octanol–water partition coefficient (Wildman–Crippen LogP) is 5.74. The molecule has 0 radical (unpaired) electrons. The molecule has 13 heteroatoms. The lowest BCUT2D eigenvalue weighted by atomic mass is 9.56. The zero-order chi connectivity index (χ0) is 36.9. The molecule has 2 amide bonds. The topological polar surface area (TPSA) is 145 Å². The second-order valence-corrected chi connectivity index (χ2v) is 18.2. The molecule has 11 rings (SSSR count). The fourth-order valence-electron chi connectivity index (χ4n) is 12.2. The van der Waals surface area contributed by atoms with Gasteiger partial charge in [-0.2, -0.15) is 0 Å². The van der Waals surface area contributed by atoms with Gasteiger partial charge in [0.1, 0.15) is 0 Å². The Kier molecular flexibility index (Phi) is 9.05. The van der Waals surface area contributed by atoms with Crippen LogP contribution in [0.1, 0.15) is 116 Å². The third-order valence-corrected chi connectivity index (χ3v) is 15.2. The maximum atomic E-state index is 14.4. The first-order valence-corrected chi connectivity index (χ1v) is 20.3. The number of hydrazine groups is 1. The summed E-state index contributed by atoms with van der Waals surface area (Å²) in [6.07, 6.45) is 9.52. The molecule has 2 N–H and O–H groups in total. The van der Waals surface area contributed by atoms with Gasteiger partial charge in [0.25, 0.3) is 5.91 Å². The van der Waals surface area contributed by atoms with Gasteiger partial charge >= 0.3 is 0 Å². The van der Waals surface area contributed by atoms with Crippen molar-refractivity contribution >= 4 is 11.8 Å². The van der Waals surface area contributed by atoms with E-state index in [1.807, 2.05) is 13.8 Å². The van der Waals surface area contributed by atoms with Crippen molar-refractivity contribution in [2.45, 2.75) is 153 Å². The zero-order valence-electron chi connectivity index (χ0n) is 31.9. The Morgan fingerprint density at radius 1 is 0.698 bits per heavy atom. The van der Waals surface area contributed by atoms with Crippen molar-refractivity contribution in [1.29, 1.82) is 0 Å². The Labute approximate surface area is 312 Å². The number of hydrogen-bond acceptors (Lipinski definition) is 11. The van der Waals surface area contributed by atoms with Gasteiger partial charge in [0, 0.05) is 48.6 Å². The molecule has 2 spiro atoms. The molecule has 8 saturated heterocycles. The van der Waals surface area contributed by atoms with E-state index >= 15 is 0 Å². The maximum Gasteiger partial charge on any atom is 0.269 e. The van der Waals surface area contributed by atoms with E-state index in [0.717, 1.165) is 51.4 Å². The summed E-state index contributed by atoms with van der Waals surface area (Å²) in [5.74, 6) is -1.32. The molecule has 2 aliphatic carbocycles. The number of rotatable bonds is 6. The number of fused-ring (bicyclic) bond motifs is 4. The summed E-state index contributed by atoms with van der Waals surface area (Å²) in [6.45, 7) is 12.9. The number of carbonyl (C=O) groups is 2. The van der Waals surface area contributed by atoms with E-state index in [4.69, 9.17) is 38.5 Å². The van der Waals surface area contributed by atoms with Gasteiger partial charge in [0.2, 0.25) is 17.5 Å². The number of ether oxygens (including phenoxy) is 4. The van der Waals surface area contributed by atoms with Crippen LogP contribution in [0, 0.1) is 53.3 Å². The van der Waals surface area contributed by atoms with Crippen LogP contribution in [-0.2, 0) is 43.3 Å². The summed E-state index contributed by atoms with van der Waals surface area (Å²) < 4.78 is 27.3. The molecule has 10 fully saturated rings. The highest BCUT2D eigenvalue weighted by molar-refractivity contribution is 5.95. The zero-order valence-corrected chi connectivity index (χ0v) is 31.9. The van der Waals surface area contributed by atoms with Crippen molar-refractivity contribution in [3.63, 3.8) is 0 Å². The van der Waals surface area contributed by atoms with Gasteiger partial charge in [-0.05, 0) is 113 Å². The SMILES string of the molecule is C[C@H]1[C@@H](CC(C[C@H]2O[C@H]3O[C@@]4(C)CC[C@H]5[C@H](C)CC[C@@H]([C@H]2C)[C@@]35OO4)C(=O)NNC(=O)c2ccncc2)O[C@@H]2O[C@@]3(C)CC[C@H]4[C@H](C)CC[C@@H]1[C@@]24OO3. The average molecular weight is 740 g/mol. The summed E-state index contributed by atoms with van der Waals surface area (Å²) >= 11 is 0. The molecule has 1 unspecified atom stereocenters. The van der Waals surface area contributed by atoms with Crippen LogP contribution in [0.4, 0.5) is 0 Å². The van der Waals surface area contributed by atoms with Gasteiger partial charge in [-0.25, -0.2) is 19.6 Å². The molecule has 53 heavy (non-hydrogen) atoms. The molecule has 17 atom stereocenters. The van der Waals surface area contributed by atoms with Crippen LogP contribution in [-0.4, -0.2) is 64.4 Å². The van der Waals surface area contributed by atoms with Crippen LogP contribution in [0.2, 0.25) is 0 Å². The fourth-order valence-corrected chi connectivity index (χ4v) is 12.2. The van der Waals surface area contributed by atoms with Crippen molar-refractivity contribution < 1.29 is 48.1 Å². The highest BCUT2D eigenvalue weighted by atomic mass is 17.3. The minimum absolute atomic E-state index is 0.0533. The Balaban J connectivity index is 1.00. The predicted molar refractivity (Wildman–Crippen MR) is 186 cm³/mol. The fraction of sp³-hybridized carbons (Fsp3) is 0.825. The summed E-state index contributed by atoms with van der Waals surface area (Å²) in [5, 5.41) is 0. The van der Waals surface area contributed by atoms with Crippen molar-refractivity contribution in [2.24, 2.45) is 53.3 Å². The van der Waals surface area contributed by atoms with Crippen molar-refractivity contribution in [2.75, 3.05) is 0 Å². The van der Waals surface area contributed by atoms with Gasteiger partial charge in [0.15, 0.2) is 23.8 Å². The number of amides is 2. The molecule has 8 aliphatic heterocycles. The minimum Gasteiger partial charge on any atom is -0.346 e. The van der Waals surface area contributed by atoms with Crippen LogP contribution < -0.4 is 10.9 Å². The van der Waals surface area contributed by atoms with Crippen molar-refractivity contribution in [1.82, 2.24) is 15.8 Å². The highest BCUT2D eigenvalue weighted by Crippen LogP contribution is 2.63. The Morgan fingerprint density at radius 3 is 1.68 bits per heavy atom. The summed E-state index contributed by atoms with van der Waals surface area (Å²) in [7, 11) is 0. The van der Waals surface area contributed by atoms with Gasteiger partial charge in [-0.3, -0.25) is 25.4 Å². The summed E-state index contributed by atoms with van der Waals surface area (Å²) in [4.78, 5) is 56.3. The molecule has 4 bridgehead atoms. The minimum atomic E-state index is -0.895. The molecule has 1 aromatic heterocycles. The molecular formula is C40H57N3O10. The Hall–Kier alpha value is -2.23. The Bertz CT molecular complexity index is 1490. The lowest BCUT2D eigenvalue weighted by Crippen LogP contribution is -2.71. The second-order valence-electron chi connectivity index (χ2n) is 18.2. The first-order chi connectivity index (χ1) is 25.4. The lowest BCUT2D eigenvalue weighted by Gasteiger charge is -2.61. The van der Waals surface area contributed by atoms with Gasteiger partial charge in [-0.1, -0.05) is 27.7 Å². The van der Waals surface area contributed by atoms with Crippen molar-refractivity contribution in [3.8, 4) is 0 Å². The molecule has 10 aliphatic rings. The number of pyridine rings is 1. The van der Waals surface area contributed by atoms with E-state index in [0.29, 0.717) is 30.2 Å². The van der Waals surface area contributed by atoms with E-state index in [2.05, 4.69) is 43.5 Å². The number of nitrogens with zero attached hydrogens (tertiary/aromatic N) is 1. The number of aromatic nitrogens is 1. The van der Waals surface area contributed by atoms with Gasteiger partial charge < -0.3 is 18.9 Å². The van der Waals surface area contributed by atoms with Crippen LogP contribution >= 0.6 is 0 Å². The van der Waals surface area contributed by atoms with Crippen molar-refractivity contribution in [3.05, 3.63) is 30.1 Å². The van der Waals surface area contributed by atoms with E-state index < -0.39 is 47.2 Å². The van der Waals surface area contributed by atoms with Crippen LogP contribution in [0.15, 0.2) is 24.5 Å². The normalized spacial score (nSPS) is 50.2. The highest BCUT2D eigenvalue weighted by Gasteiger charge is 2.71. The second kappa shape index (κ2) is 13.2. The van der Waals surface area contributed by atoms with E-state index in [1.54, 1.807) is 24.5 Å². The Morgan fingerprint density at radius 2 is 1.19 bits per heavy atom. The molecule has 0 aromatic carbocycles.